The van der Waals surface area contributed by atoms with Crippen LogP contribution in [0, 0.1) is 81.1 Å². The Bertz CT molecular complexity index is 146. The molecule has 0 aromatic rings. The van der Waals surface area contributed by atoms with E-state index in [1.165, 1.54) is 0 Å². The predicted molar refractivity (Wildman–Crippen MR) is 39.0 cm³/mol. The molecule has 0 saturated carbocycles. The van der Waals surface area contributed by atoms with Crippen LogP contribution < -0.4 is 154 Å². The third-order valence-electron chi connectivity index (χ3n) is 0. The average molecular weight is 375 g/mol. The molecule has 0 rings (SSSR count). The van der Waals surface area contributed by atoms with Gasteiger partial charge in [-0.1, -0.05) is 0 Å². The molecule has 0 N–H and O–H groups in total. The van der Waals surface area contributed by atoms with Crippen molar-refractivity contribution in [1.29, 1.82) is 31.6 Å². The minimum atomic E-state index is 0. The summed E-state index contributed by atoms with van der Waals surface area (Å²) in [6.07, 6.45) is 0. The van der Waals surface area contributed by atoms with Crippen molar-refractivity contribution < 1.29 is 171 Å². The Kier molecular flexibility index (Phi) is 4070. The first-order valence-corrected chi connectivity index (χ1v) is 1.71. The zero-order valence-corrected chi connectivity index (χ0v) is 20.8. The van der Waals surface area contributed by atoms with Gasteiger partial charge in [-0.2, -0.15) is 0 Å². The standard InChI is InChI=1S/6CN.Fe.3K.HNO2/c6*1-2;;;;;2-1-3/h;;;;;;;;;;(H,2,3)/q6*-1;+3;3*+1;/p-1. The summed E-state index contributed by atoms with van der Waals surface area (Å²) in [6, 6.07) is 0. The summed E-state index contributed by atoms with van der Waals surface area (Å²) in [5.74, 6) is 0. The molecule has 0 aromatic carbocycles. The van der Waals surface area contributed by atoms with Crippen LogP contribution in [0.2, 0.25) is 0 Å². The van der Waals surface area contributed by atoms with Gasteiger partial charge in [0.25, 0.3) is 0 Å². The normalized spacial score (nSPS) is 1.26. The Balaban J connectivity index is -0.00000000425. The van der Waals surface area contributed by atoms with Gasteiger partial charge in [0, 0.05) is 0 Å². The molecule has 19 heavy (non-hydrogen) atoms. The second kappa shape index (κ2) is 909. The molecule has 0 spiro atoms. The van der Waals surface area contributed by atoms with Crippen molar-refractivity contribution in [3.8, 4) is 0 Å². The maximum absolute atomic E-state index is 8.00. The van der Waals surface area contributed by atoms with Crippen molar-refractivity contribution >= 4 is 0 Å². The van der Waals surface area contributed by atoms with Gasteiger partial charge in [-0.25, -0.2) is 0 Å². The first-order valence-electron chi connectivity index (χ1n) is 1.71. The van der Waals surface area contributed by atoms with Crippen molar-refractivity contribution in [3.63, 3.8) is 0 Å². The van der Waals surface area contributed by atoms with Crippen molar-refractivity contribution in [1.82, 2.24) is 0 Å². The molecule has 0 unspecified atom stereocenters. The van der Waals surface area contributed by atoms with Gasteiger partial charge < -0.3 is 81.1 Å². The van der Waals surface area contributed by atoms with Crippen molar-refractivity contribution in [2.24, 2.45) is 5.34 Å². The van der Waals surface area contributed by atoms with E-state index in [2.05, 4.69) is 0 Å². The fraction of sp³-hybridized carbons (Fsp3) is 0. The molecule has 13 heteroatoms. The Morgan fingerprint density at radius 1 is 0.579 bits per heavy atom. The molecule has 0 saturated heterocycles. The Morgan fingerprint density at radius 3 is 0.579 bits per heavy atom. The van der Waals surface area contributed by atoms with E-state index in [0.717, 1.165) is 5.34 Å². The van der Waals surface area contributed by atoms with Gasteiger partial charge in [0.15, 0.2) is 0 Å². The molecule has 0 fully saturated rings. The maximum atomic E-state index is 8.00. The Morgan fingerprint density at radius 2 is 0.579 bits per heavy atom. The minimum Gasteiger partial charge on any atom is -0.512 e. The van der Waals surface area contributed by atoms with E-state index >= 15 is 0 Å². The molecule has 0 bridgehead atoms. The predicted octanol–water partition coefficient (Wildman–Crippen LogP) is -8.16. The second-order valence-electron chi connectivity index (χ2n) is 0.0745. The summed E-state index contributed by atoms with van der Waals surface area (Å²) in [5, 5.41) is 46.5. The van der Waals surface area contributed by atoms with E-state index < -0.39 is 0 Å². The molecule has 83 valence electrons. The molecule has 0 amide bonds. The maximum Gasteiger partial charge on any atom is 3.00 e. The molecule has 0 heterocycles. The van der Waals surface area contributed by atoms with E-state index in [-0.39, 0.29) is 171 Å². The molecular formula is C6FeK3N7O2-. The van der Waals surface area contributed by atoms with Crippen LogP contribution in [0.5, 0.6) is 0 Å². The first-order chi connectivity index (χ1) is 7.41. The summed E-state index contributed by atoms with van der Waals surface area (Å²) in [4.78, 5) is 8.00. The van der Waals surface area contributed by atoms with E-state index in [0.29, 0.717) is 0 Å². The average Bonchev–Trinajstić information content (AvgIpc) is 2.44. The summed E-state index contributed by atoms with van der Waals surface area (Å²) in [6.45, 7) is 28.5. The minimum absolute atomic E-state index is 0. The largest absolute Gasteiger partial charge is 3.00 e. The smallest absolute Gasteiger partial charge is 0.512 e. The fourth-order valence-electron chi connectivity index (χ4n) is 0. The number of nitrogens with zero attached hydrogens (tertiary/aromatic N) is 7. The van der Waals surface area contributed by atoms with Crippen LogP contribution in [0.25, 0.3) is 0 Å². The third-order valence-corrected chi connectivity index (χ3v) is 0. The van der Waals surface area contributed by atoms with Gasteiger partial charge in [0.1, 0.15) is 0 Å². The van der Waals surface area contributed by atoms with E-state index in [1.54, 1.807) is 0 Å². The quantitative estimate of drug-likeness (QED) is 0.172. The van der Waals surface area contributed by atoms with Gasteiger partial charge in [0.05, 0.1) is 0 Å². The molecule has 0 aliphatic carbocycles. The van der Waals surface area contributed by atoms with Crippen molar-refractivity contribution in [2.75, 3.05) is 0 Å². The molecule has 1 radical (unpaired) electrons. The van der Waals surface area contributed by atoms with Crippen LogP contribution in [0.4, 0.5) is 0 Å². The molecule has 0 aromatic heterocycles. The number of hydrogen-bond donors (Lipinski definition) is 0. The molecular weight excluding hydrogens is 375 g/mol. The summed E-state index contributed by atoms with van der Waals surface area (Å²) < 4.78 is 0. The van der Waals surface area contributed by atoms with Crippen LogP contribution in [-0.2, 0) is 17.1 Å². The van der Waals surface area contributed by atoms with Crippen LogP contribution in [0.1, 0.15) is 0 Å². The van der Waals surface area contributed by atoms with Crippen LogP contribution in [0.3, 0.4) is 0 Å². The van der Waals surface area contributed by atoms with Gasteiger partial charge in [0.2, 0.25) is 0 Å². The summed E-state index contributed by atoms with van der Waals surface area (Å²) >= 11 is 0. The Labute approximate surface area is 251 Å². The molecule has 9 nitrogen and oxygen atoms in total. The van der Waals surface area contributed by atoms with Crippen LogP contribution in [-0.4, -0.2) is 0 Å². The van der Waals surface area contributed by atoms with Crippen molar-refractivity contribution in [3.05, 3.63) is 49.5 Å². The Hall–Kier alpha value is 1.77. The first kappa shape index (κ1) is 85.1. The van der Waals surface area contributed by atoms with Gasteiger partial charge >= 0.3 is 171 Å². The molecule has 0 aliphatic rings. The zero-order valence-electron chi connectivity index (χ0n) is 10.3. The van der Waals surface area contributed by atoms with Crippen LogP contribution in [0.15, 0.2) is 5.34 Å². The fourth-order valence-corrected chi connectivity index (χ4v) is 0. The summed E-state index contributed by atoms with van der Waals surface area (Å²) in [7, 11) is 0. The summed E-state index contributed by atoms with van der Waals surface area (Å²) in [5.41, 5.74) is 0. The van der Waals surface area contributed by atoms with E-state index in [9.17, 15) is 0 Å². The van der Waals surface area contributed by atoms with Gasteiger partial charge in [-0.15, -0.1) is 5.34 Å². The SMILES string of the molecule is O=N[O-].[C-]#N.[C-]#N.[C-]#N.[C-]#N.[C-]#N.[C-]#N.[Fe+3].[K+].[K+].[K+]. The molecule has 0 atom stereocenters. The zero-order chi connectivity index (χ0) is 14.7. The van der Waals surface area contributed by atoms with E-state index in [4.69, 9.17) is 81.1 Å². The number of rotatable bonds is 0. The monoisotopic (exact) mass is 375 g/mol. The second-order valence-corrected chi connectivity index (χ2v) is 0.0745. The third kappa shape index (κ3) is 2000. The topological polar surface area (TPSA) is 195 Å². The molecule has 0 aliphatic heterocycles. The van der Waals surface area contributed by atoms with Crippen LogP contribution >= 0.6 is 0 Å². The number of hydrogen-bond acceptors (Lipinski definition) is 9. The van der Waals surface area contributed by atoms with Gasteiger partial charge in [-0.3, -0.25) is 0 Å². The van der Waals surface area contributed by atoms with E-state index in [1.807, 2.05) is 0 Å². The van der Waals surface area contributed by atoms with Gasteiger partial charge in [-0.05, 0) is 0 Å². The van der Waals surface area contributed by atoms with Crippen molar-refractivity contribution in [2.45, 2.75) is 0 Å².